The van der Waals surface area contributed by atoms with Crippen molar-refractivity contribution in [2.75, 3.05) is 6.26 Å². The smallest absolute Gasteiger partial charge is 0.337 e. The highest BCUT2D eigenvalue weighted by atomic mass is 32.2. The molecular formula is C13H11NO2S. The van der Waals surface area contributed by atoms with Crippen LogP contribution >= 0.6 is 11.8 Å². The first-order valence-electron chi connectivity index (χ1n) is 5.03. The van der Waals surface area contributed by atoms with E-state index in [-0.39, 0.29) is 5.56 Å². The van der Waals surface area contributed by atoms with Crippen LogP contribution in [0.2, 0.25) is 0 Å². The monoisotopic (exact) mass is 245 g/mol. The standard InChI is InChI=1S/C13H11NO2S/c1-17-12-4-2-3-9(6-12)10-5-11(13(15)16)8-14-7-10/h2-8H,1H3,(H,15,16). The zero-order chi connectivity index (χ0) is 12.3. The van der Waals surface area contributed by atoms with E-state index in [0.29, 0.717) is 0 Å². The molecule has 86 valence electrons. The second kappa shape index (κ2) is 5.01. The van der Waals surface area contributed by atoms with E-state index < -0.39 is 5.97 Å². The van der Waals surface area contributed by atoms with Crippen LogP contribution in [0.25, 0.3) is 11.1 Å². The van der Waals surface area contributed by atoms with Crippen LogP contribution in [-0.2, 0) is 0 Å². The Bertz CT molecular complexity index is 555. The van der Waals surface area contributed by atoms with E-state index in [2.05, 4.69) is 4.98 Å². The van der Waals surface area contributed by atoms with Gasteiger partial charge in [0, 0.05) is 22.9 Å². The molecule has 1 aromatic carbocycles. The summed E-state index contributed by atoms with van der Waals surface area (Å²) in [6.45, 7) is 0. The van der Waals surface area contributed by atoms with Crippen molar-refractivity contribution in [2.24, 2.45) is 0 Å². The van der Waals surface area contributed by atoms with Crippen molar-refractivity contribution in [3.05, 3.63) is 48.3 Å². The minimum Gasteiger partial charge on any atom is -0.478 e. The number of pyridine rings is 1. The minimum absolute atomic E-state index is 0.206. The van der Waals surface area contributed by atoms with E-state index in [9.17, 15) is 4.79 Å². The Morgan fingerprint density at radius 3 is 2.76 bits per heavy atom. The maximum absolute atomic E-state index is 10.9. The molecule has 0 spiro atoms. The number of carbonyl (C=O) groups is 1. The first-order chi connectivity index (χ1) is 8.20. The average Bonchev–Trinajstić information content (AvgIpc) is 2.39. The number of thioether (sulfide) groups is 1. The Kier molecular flexibility index (Phi) is 3.44. The van der Waals surface area contributed by atoms with Crippen LogP contribution in [0.3, 0.4) is 0 Å². The van der Waals surface area contributed by atoms with Gasteiger partial charge in [0.1, 0.15) is 0 Å². The van der Waals surface area contributed by atoms with Crippen LogP contribution in [-0.4, -0.2) is 22.3 Å². The molecule has 0 aliphatic rings. The number of benzene rings is 1. The molecule has 0 saturated carbocycles. The molecule has 4 heteroatoms. The average molecular weight is 245 g/mol. The van der Waals surface area contributed by atoms with Gasteiger partial charge in [-0.25, -0.2) is 4.79 Å². The van der Waals surface area contributed by atoms with E-state index in [1.165, 1.54) is 6.20 Å². The summed E-state index contributed by atoms with van der Waals surface area (Å²) in [6, 6.07) is 9.57. The van der Waals surface area contributed by atoms with Crippen LogP contribution in [0.4, 0.5) is 0 Å². The topological polar surface area (TPSA) is 50.2 Å². The van der Waals surface area contributed by atoms with Crippen molar-refractivity contribution in [3.63, 3.8) is 0 Å². The molecule has 3 nitrogen and oxygen atoms in total. The van der Waals surface area contributed by atoms with Gasteiger partial charge in [-0.1, -0.05) is 12.1 Å². The van der Waals surface area contributed by atoms with E-state index in [1.54, 1.807) is 24.0 Å². The zero-order valence-electron chi connectivity index (χ0n) is 9.25. The quantitative estimate of drug-likeness (QED) is 0.844. The molecule has 0 unspecified atom stereocenters. The molecule has 0 amide bonds. The minimum atomic E-state index is -0.958. The predicted octanol–water partition coefficient (Wildman–Crippen LogP) is 3.17. The molecule has 17 heavy (non-hydrogen) atoms. The van der Waals surface area contributed by atoms with Crippen molar-refractivity contribution in [1.29, 1.82) is 0 Å². The largest absolute Gasteiger partial charge is 0.478 e. The maximum atomic E-state index is 10.9. The Labute approximate surface area is 104 Å². The van der Waals surface area contributed by atoms with E-state index in [0.717, 1.165) is 16.0 Å². The fraction of sp³-hybridized carbons (Fsp3) is 0.0769. The van der Waals surface area contributed by atoms with Gasteiger partial charge in [-0.3, -0.25) is 4.98 Å². The lowest BCUT2D eigenvalue weighted by Crippen LogP contribution is -1.97. The highest BCUT2D eigenvalue weighted by Crippen LogP contribution is 2.24. The van der Waals surface area contributed by atoms with Gasteiger partial charge in [0.05, 0.1) is 5.56 Å². The van der Waals surface area contributed by atoms with Gasteiger partial charge >= 0.3 is 5.97 Å². The van der Waals surface area contributed by atoms with Crippen LogP contribution < -0.4 is 0 Å². The maximum Gasteiger partial charge on any atom is 0.337 e. The van der Waals surface area contributed by atoms with Gasteiger partial charge < -0.3 is 5.11 Å². The van der Waals surface area contributed by atoms with Crippen molar-refractivity contribution in [3.8, 4) is 11.1 Å². The third kappa shape index (κ3) is 2.65. The summed E-state index contributed by atoms with van der Waals surface area (Å²) in [5.41, 5.74) is 2.00. The van der Waals surface area contributed by atoms with Gasteiger partial charge in [0.2, 0.25) is 0 Å². The van der Waals surface area contributed by atoms with Gasteiger partial charge in [-0.2, -0.15) is 0 Å². The van der Waals surface area contributed by atoms with Gasteiger partial charge in [0.15, 0.2) is 0 Å². The Morgan fingerprint density at radius 1 is 1.24 bits per heavy atom. The summed E-state index contributed by atoms with van der Waals surface area (Å²) >= 11 is 1.65. The van der Waals surface area contributed by atoms with Crippen LogP contribution in [0.5, 0.6) is 0 Å². The third-order valence-corrected chi connectivity index (χ3v) is 3.11. The summed E-state index contributed by atoms with van der Waals surface area (Å²) < 4.78 is 0. The molecule has 1 heterocycles. The van der Waals surface area contributed by atoms with Crippen LogP contribution in [0.15, 0.2) is 47.6 Å². The summed E-state index contributed by atoms with van der Waals surface area (Å²) in [4.78, 5) is 16.0. The second-order valence-electron chi connectivity index (χ2n) is 3.50. The van der Waals surface area contributed by atoms with E-state index in [4.69, 9.17) is 5.11 Å². The number of carboxylic acid groups (broad SMARTS) is 1. The van der Waals surface area contributed by atoms with Gasteiger partial charge in [-0.15, -0.1) is 11.8 Å². The normalized spacial score (nSPS) is 10.2. The summed E-state index contributed by atoms with van der Waals surface area (Å²) in [5, 5.41) is 8.91. The van der Waals surface area contributed by atoms with Crippen LogP contribution in [0.1, 0.15) is 10.4 Å². The number of rotatable bonds is 3. The lowest BCUT2D eigenvalue weighted by Gasteiger charge is -2.04. The summed E-state index contributed by atoms with van der Waals surface area (Å²) in [6.07, 6.45) is 5.03. The SMILES string of the molecule is CSc1cccc(-c2cncc(C(=O)O)c2)c1. The third-order valence-electron chi connectivity index (χ3n) is 2.39. The highest BCUT2D eigenvalue weighted by Gasteiger charge is 2.05. The number of hydrogen-bond donors (Lipinski definition) is 1. The van der Waals surface area contributed by atoms with Crippen LogP contribution in [0, 0.1) is 0 Å². The molecule has 1 aromatic heterocycles. The molecule has 1 N–H and O–H groups in total. The number of nitrogens with zero attached hydrogens (tertiary/aromatic N) is 1. The lowest BCUT2D eigenvalue weighted by molar-refractivity contribution is 0.0696. The summed E-state index contributed by atoms with van der Waals surface area (Å²) in [5.74, 6) is -0.958. The molecule has 0 radical (unpaired) electrons. The van der Waals surface area contributed by atoms with E-state index in [1.807, 2.05) is 30.5 Å². The Balaban J connectivity index is 2.45. The highest BCUT2D eigenvalue weighted by molar-refractivity contribution is 7.98. The molecule has 0 bridgehead atoms. The molecular weight excluding hydrogens is 234 g/mol. The Morgan fingerprint density at radius 2 is 2.06 bits per heavy atom. The molecule has 0 atom stereocenters. The fourth-order valence-corrected chi connectivity index (χ4v) is 1.98. The number of hydrogen-bond acceptors (Lipinski definition) is 3. The first-order valence-corrected chi connectivity index (χ1v) is 6.26. The predicted molar refractivity (Wildman–Crippen MR) is 68.4 cm³/mol. The molecule has 0 fully saturated rings. The van der Waals surface area contributed by atoms with Crippen molar-refractivity contribution < 1.29 is 9.90 Å². The molecule has 2 aromatic rings. The van der Waals surface area contributed by atoms with Crippen molar-refractivity contribution >= 4 is 17.7 Å². The Hall–Kier alpha value is -1.81. The first kappa shape index (κ1) is 11.7. The molecule has 0 aliphatic carbocycles. The molecule has 0 saturated heterocycles. The second-order valence-corrected chi connectivity index (χ2v) is 4.38. The van der Waals surface area contributed by atoms with Gasteiger partial charge in [0.25, 0.3) is 0 Å². The number of aromatic carboxylic acids is 1. The lowest BCUT2D eigenvalue weighted by atomic mass is 10.1. The summed E-state index contributed by atoms with van der Waals surface area (Å²) in [7, 11) is 0. The molecule has 0 aliphatic heterocycles. The van der Waals surface area contributed by atoms with E-state index >= 15 is 0 Å². The van der Waals surface area contributed by atoms with Crippen molar-refractivity contribution in [2.45, 2.75) is 4.90 Å². The molecule has 2 rings (SSSR count). The number of aromatic nitrogens is 1. The fourth-order valence-electron chi connectivity index (χ4n) is 1.52. The van der Waals surface area contributed by atoms with Crippen molar-refractivity contribution in [1.82, 2.24) is 4.98 Å². The van der Waals surface area contributed by atoms with Gasteiger partial charge in [-0.05, 0) is 30.0 Å². The zero-order valence-corrected chi connectivity index (χ0v) is 10.1. The number of carboxylic acids is 1.